The van der Waals surface area contributed by atoms with Gasteiger partial charge in [-0.3, -0.25) is 4.79 Å². The van der Waals surface area contributed by atoms with Gasteiger partial charge in [-0.05, 0) is 87.5 Å². The summed E-state index contributed by atoms with van der Waals surface area (Å²) in [7, 11) is 1.64. The quantitative estimate of drug-likeness (QED) is 0.193. The second kappa shape index (κ2) is 16.0. The van der Waals surface area contributed by atoms with Crippen molar-refractivity contribution in [3.05, 3.63) is 84.7 Å². The number of hydrogen-bond donors (Lipinski definition) is 5. The predicted octanol–water partition coefficient (Wildman–Crippen LogP) is 5.67. The van der Waals surface area contributed by atoms with Crippen LogP contribution in [-0.4, -0.2) is 74.9 Å². The average molecular weight is 673 g/mol. The van der Waals surface area contributed by atoms with Crippen molar-refractivity contribution in [1.82, 2.24) is 15.5 Å². The monoisotopic (exact) mass is 672 g/mol. The van der Waals surface area contributed by atoms with E-state index in [9.17, 15) is 4.79 Å². The number of hydrogen-bond acceptors (Lipinski definition) is 10. The Labute approximate surface area is 287 Å². The number of amides is 1. The highest BCUT2D eigenvalue weighted by Gasteiger charge is 2.28. The number of methoxy groups -OCH3 is 1. The number of dihydropyridines is 1. The van der Waals surface area contributed by atoms with Gasteiger partial charge in [0.2, 0.25) is 11.9 Å². The first-order valence-electron chi connectivity index (χ1n) is 16.7. The molecule has 2 aromatic rings. The molecule has 1 amide bonds. The molecule has 0 bridgehead atoms. The molecule has 4 aliphatic heterocycles. The molecule has 0 spiro atoms. The van der Waals surface area contributed by atoms with Crippen LogP contribution in [0.3, 0.4) is 0 Å². The first-order chi connectivity index (χ1) is 23.5. The normalized spacial score (nSPS) is 21.0. The lowest BCUT2D eigenvalue weighted by molar-refractivity contribution is -0.111. The molecule has 48 heavy (non-hydrogen) atoms. The topological polar surface area (TPSA) is 115 Å². The van der Waals surface area contributed by atoms with Gasteiger partial charge in [-0.2, -0.15) is 0 Å². The van der Waals surface area contributed by atoms with Crippen LogP contribution in [-0.2, 0) is 4.79 Å². The summed E-state index contributed by atoms with van der Waals surface area (Å²) in [6, 6.07) is 10.2. The van der Waals surface area contributed by atoms with Gasteiger partial charge in [0, 0.05) is 37.1 Å². The Morgan fingerprint density at radius 3 is 2.60 bits per heavy atom. The third-order valence-electron chi connectivity index (χ3n) is 9.02. The van der Waals surface area contributed by atoms with Crippen LogP contribution in [0, 0.1) is 0 Å². The zero-order chi connectivity index (χ0) is 33.3. The van der Waals surface area contributed by atoms with E-state index in [2.05, 4.69) is 43.0 Å². The number of nitrogens with zero attached hydrogens (tertiary/aromatic N) is 3. The fraction of sp³-hybridized carbons (Fsp3) is 0.389. The van der Waals surface area contributed by atoms with E-state index < -0.39 is 0 Å². The number of guanidine groups is 1. The highest BCUT2D eigenvalue weighted by molar-refractivity contribution is 6.32. The Morgan fingerprint density at radius 2 is 1.88 bits per heavy atom. The molecule has 0 aromatic heterocycles. The minimum atomic E-state index is -0.369. The van der Waals surface area contributed by atoms with Crippen LogP contribution in [0.2, 0.25) is 5.02 Å². The smallest absolute Gasteiger partial charge is 0.247 e. The van der Waals surface area contributed by atoms with Crippen LogP contribution in [0.25, 0.3) is 0 Å². The van der Waals surface area contributed by atoms with Gasteiger partial charge in [0.25, 0.3) is 0 Å². The van der Waals surface area contributed by atoms with E-state index in [0.717, 1.165) is 37.3 Å². The maximum atomic E-state index is 12.5. The Balaban J connectivity index is 1.13. The molecule has 6 rings (SSSR count). The largest absolute Gasteiger partial charge is 0.494 e. The Morgan fingerprint density at radius 1 is 1.04 bits per heavy atom. The van der Waals surface area contributed by atoms with Gasteiger partial charge in [-0.15, -0.1) is 0 Å². The molecule has 12 heteroatoms. The molecule has 2 unspecified atom stereocenters. The minimum absolute atomic E-state index is 0.0926. The number of anilines is 4. The summed E-state index contributed by atoms with van der Waals surface area (Å²) < 4.78 is 11.8. The molecule has 2 saturated heterocycles. The van der Waals surface area contributed by atoms with Crippen molar-refractivity contribution < 1.29 is 14.3 Å². The van der Waals surface area contributed by atoms with Crippen molar-refractivity contribution in [3.63, 3.8) is 0 Å². The lowest BCUT2D eigenvalue weighted by Crippen LogP contribution is -2.46. The molecule has 11 nitrogen and oxygen atoms in total. The summed E-state index contributed by atoms with van der Waals surface area (Å²) in [5.41, 5.74) is 3.07. The summed E-state index contributed by atoms with van der Waals surface area (Å²) in [4.78, 5) is 22.3. The highest BCUT2D eigenvalue weighted by atomic mass is 35.5. The zero-order valence-electron chi connectivity index (χ0n) is 27.4. The van der Waals surface area contributed by atoms with E-state index in [1.54, 1.807) is 7.11 Å². The number of rotatable bonds is 11. The highest BCUT2D eigenvalue weighted by Crippen LogP contribution is 2.39. The van der Waals surface area contributed by atoms with Crippen LogP contribution in [0.4, 0.5) is 22.7 Å². The van der Waals surface area contributed by atoms with E-state index >= 15 is 0 Å². The predicted molar refractivity (Wildman–Crippen MR) is 195 cm³/mol. The van der Waals surface area contributed by atoms with Crippen LogP contribution < -0.4 is 41.0 Å². The van der Waals surface area contributed by atoms with Crippen LogP contribution in [0.5, 0.6) is 11.5 Å². The van der Waals surface area contributed by atoms with Crippen LogP contribution >= 0.6 is 11.6 Å². The Kier molecular flexibility index (Phi) is 11.1. The summed E-state index contributed by atoms with van der Waals surface area (Å²) >= 11 is 6.56. The number of ether oxygens (including phenoxy) is 2. The summed E-state index contributed by atoms with van der Waals surface area (Å²) in [6.45, 7) is 8.33. The molecule has 4 heterocycles. The van der Waals surface area contributed by atoms with E-state index in [-0.39, 0.29) is 18.1 Å². The average Bonchev–Trinajstić information content (AvgIpc) is 3.12. The SMILES string of the molecule is C=CC(=O)Nc1cc(NC2=NC(Nc3ccc(OCC4C=CC=CN4)c(Cl)c3)C=CN2)c(OC)cc1N1CCC(N2CCCCC2)CC1. The number of aliphatic imine (C=N–C) groups is 1. The van der Waals surface area contributed by atoms with Gasteiger partial charge in [-0.1, -0.05) is 36.8 Å². The maximum absolute atomic E-state index is 12.5. The maximum Gasteiger partial charge on any atom is 0.247 e. The second-order valence-electron chi connectivity index (χ2n) is 12.2. The van der Waals surface area contributed by atoms with Gasteiger partial charge in [0.15, 0.2) is 0 Å². The standard InChI is InChI=1S/C36H45ClN8O3/c1-3-35(46)41-29-22-30(33(47-2)23-31(29)45-19-13-27(14-20-45)44-17-7-4-8-18-44)42-36-39-16-12-34(43-36)40-25-10-11-32(28(37)21-25)48-24-26-9-5-6-15-38-26/h3,5-6,9-12,15-16,21-23,26-27,34,38,40H,1,4,7-8,13-14,17-20,24H2,2H3,(H,41,46)(H2,39,42,43). The van der Waals surface area contributed by atoms with Crippen molar-refractivity contribution in [3.8, 4) is 11.5 Å². The molecule has 2 atom stereocenters. The molecule has 0 aliphatic carbocycles. The van der Waals surface area contributed by atoms with E-state index in [1.807, 2.05) is 67.0 Å². The fourth-order valence-corrected chi connectivity index (χ4v) is 6.74. The third-order valence-corrected chi connectivity index (χ3v) is 9.31. The lowest BCUT2D eigenvalue weighted by atomic mass is 9.99. The van der Waals surface area contributed by atoms with Crippen molar-refractivity contribution in [2.45, 2.75) is 50.4 Å². The minimum Gasteiger partial charge on any atom is -0.494 e. The molecular weight excluding hydrogens is 628 g/mol. The van der Waals surface area contributed by atoms with Gasteiger partial charge in [0.1, 0.15) is 24.3 Å². The van der Waals surface area contributed by atoms with Gasteiger partial charge in [0.05, 0.1) is 35.2 Å². The molecule has 4 aliphatic rings. The van der Waals surface area contributed by atoms with Gasteiger partial charge in [-0.25, -0.2) is 4.99 Å². The Hall–Kier alpha value is -4.61. The van der Waals surface area contributed by atoms with Gasteiger partial charge < -0.3 is 45.9 Å². The number of nitrogens with one attached hydrogen (secondary N) is 5. The first kappa shape index (κ1) is 33.3. The lowest BCUT2D eigenvalue weighted by Gasteiger charge is -2.41. The second-order valence-corrected chi connectivity index (χ2v) is 12.7. The molecule has 2 aromatic carbocycles. The van der Waals surface area contributed by atoms with E-state index in [4.69, 9.17) is 26.1 Å². The first-order valence-corrected chi connectivity index (χ1v) is 17.1. The molecule has 254 valence electrons. The van der Waals surface area contributed by atoms with Crippen LogP contribution in [0.15, 0.2) is 84.7 Å². The molecule has 5 N–H and O–H groups in total. The van der Waals surface area contributed by atoms with E-state index in [0.29, 0.717) is 46.5 Å². The molecule has 0 radical (unpaired) electrons. The number of benzene rings is 2. The fourth-order valence-electron chi connectivity index (χ4n) is 6.50. The number of carbonyl (C=O) groups excluding carboxylic acids is 1. The number of likely N-dealkylation sites (tertiary alicyclic amines) is 1. The number of carbonyl (C=O) groups is 1. The summed E-state index contributed by atoms with van der Waals surface area (Å²) in [6.07, 6.45) is 18.6. The van der Waals surface area contributed by atoms with E-state index in [1.165, 1.54) is 38.4 Å². The van der Waals surface area contributed by atoms with Crippen LogP contribution in [0.1, 0.15) is 32.1 Å². The molecule has 0 saturated carbocycles. The zero-order valence-corrected chi connectivity index (χ0v) is 28.1. The van der Waals surface area contributed by atoms with Crippen molar-refractivity contribution >= 4 is 46.2 Å². The molecular formula is C36H45ClN8O3. The third kappa shape index (κ3) is 8.45. The van der Waals surface area contributed by atoms with Gasteiger partial charge >= 0.3 is 0 Å². The van der Waals surface area contributed by atoms with Crippen molar-refractivity contribution in [1.29, 1.82) is 0 Å². The molecule has 2 fully saturated rings. The van der Waals surface area contributed by atoms with Crippen molar-refractivity contribution in [2.24, 2.45) is 4.99 Å². The summed E-state index contributed by atoms with van der Waals surface area (Å²) in [5.74, 6) is 1.49. The Bertz CT molecular complexity index is 1580. The number of allylic oxidation sites excluding steroid dienone is 2. The number of piperidine rings is 2. The summed E-state index contributed by atoms with van der Waals surface area (Å²) in [5, 5.41) is 16.7. The number of halogens is 1. The van der Waals surface area contributed by atoms with Crippen molar-refractivity contribution in [2.75, 3.05) is 60.7 Å².